The molecule has 39 heavy (non-hydrogen) atoms. The molecule has 5 rings (SSSR count). The number of nitrogens with one attached hydrogen (secondary N) is 5. The first-order chi connectivity index (χ1) is 18.6. The molecule has 3 amide bonds. The quantitative estimate of drug-likeness (QED) is 0.340. The Morgan fingerprint density at radius 3 is 2.67 bits per heavy atom. The number of piperazine rings is 1. The predicted octanol–water partition coefficient (Wildman–Crippen LogP) is 3.25. The summed E-state index contributed by atoms with van der Waals surface area (Å²) in [5.74, 6) is -0.605. The number of hydrogen-bond acceptors (Lipinski definition) is 6. The van der Waals surface area contributed by atoms with Crippen LogP contribution in [0.3, 0.4) is 0 Å². The second-order valence-corrected chi connectivity index (χ2v) is 10.6. The lowest BCUT2D eigenvalue weighted by molar-refractivity contribution is -0.124. The predicted molar refractivity (Wildman–Crippen MR) is 142 cm³/mol. The number of nitrogens with zero attached hydrogens (tertiary/aromatic N) is 2. The topological polar surface area (TPSA) is 121 Å². The number of ether oxygens (including phenoxy) is 1. The molecule has 3 heterocycles. The lowest BCUT2D eigenvalue weighted by atomic mass is 9.92. The van der Waals surface area contributed by atoms with Gasteiger partial charge in [0, 0.05) is 24.1 Å². The Kier molecular flexibility index (Phi) is 7.23. The molecule has 2 aliphatic rings. The van der Waals surface area contributed by atoms with Crippen molar-refractivity contribution in [1.29, 1.82) is 0 Å². The van der Waals surface area contributed by atoms with Gasteiger partial charge in [0.25, 0.3) is 0 Å². The molecule has 206 valence electrons. The summed E-state index contributed by atoms with van der Waals surface area (Å²) in [6.07, 6.45) is 0.126. The molecule has 12 heteroatoms. The summed E-state index contributed by atoms with van der Waals surface area (Å²) in [6, 6.07) is 10.9. The van der Waals surface area contributed by atoms with Crippen molar-refractivity contribution in [3.8, 4) is 11.4 Å². The van der Waals surface area contributed by atoms with E-state index in [9.17, 15) is 18.4 Å². The van der Waals surface area contributed by atoms with Crippen LogP contribution in [0.15, 0.2) is 48.5 Å². The Hall–Kier alpha value is -4.03. The maximum absolute atomic E-state index is 15.0. The van der Waals surface area contributed by atoms with E-state index in [2.05, 4.69) is 31.7 Å². The summed E-state index contributed by atoms with van der Waals surface area (Å²) in [7, 11) is 0. The number of fused-ring (bicyclic) bond motifs is 1. The first-order valence-corrected chi connectivity index (χ1v) is 12.7. The number of carbonyl (C=O) groups is 2. The molecule has 2 aliphatic heterocycles. The second kappa shape index (κ2) is 10.6. The second-order valence-electron chi connectivity index (χ2n) is 10.6. The van der Waals surface area contributed by atoms with Gasteiger partial charge in [0.2, 0.25) is 5.91 Å². The number of carbonyl (C=O) groups excluding carboxylic acids is 2. The van der Waals surface area contributed by atoms with Gasteiger partial charge in [-0.25, -0.2) is 18.3 Å². The van der Waals surface area contributed by atoms with Crippen molar-refractivity contribution in [2.45, 2.75) is 50.9 Å². The number of hydrogen-bond donors (Lipinski definition) is 5. The summed E-state index contributed by atoms with van der Waals surface area (Å²) < 4.78 is 36.3. The van der Waals surface area contributed by atoms with Gasteiger partial charge in [-0.1, -0.05) is 26.8 Å². The van der Waals surface area contributed by atoms with Gasteiger partial charge in [-0.3, -0.25) is 20.7 Å². The van der Waals surface area contributed by atoms with Crippen molar-refractivity contribution in [3.05, 3.63) is 65.9 Å². The minimum Gasteiger partial charge on any atom is -0.489 e. The van der Waals surface area contributed by atoms with Gasteiger partial charge in [0.1, 0.15) is 29.3 Å². The highest BCUT2D eigenvalue weighted by atomic mass is 19.1. The fraction of sp³-hybridized carbons (Fsp3) is 0.370. The maximum Gasteiger partial charge on any atom is 0.324 e. The maximum atomic E-state index is 15.0. The van der Waals surface area contributed by atoms with E-state index in [0.717, 1.165) is 0 Å². The number of piperidine rings is 1. The van der Waals surface area contributed by atoms with Crippen molar-refractivity contribution >= 4 is 23.4 Å². The molecule has 0 aliphatic carbocycles. The van der Waals surface area contributed by atoms with Crippen molar-refractivity contribution < 1.29 is 23.1 Å². The zero-order chi connectivity index (χ0) is 27.7. The largest absolute Gasteiger partial charge is 0.489 e. The third-order valence-electron chi connectivity index (χ3n) is 6.62. The molecular formula is C27H31F2N7O3. The molecule has 1 aromatic heterocycles. The molecule has 3 atom stereocenters. The van der Waals surface area contributed by atoms with Crippen molar-refractivity contribution in [1.82, 2.24) is 25.7 Å². The Labute approximate surface area is 224 Å². The number of urea groups is 1. The summed E-state index contributed by atoms with van der Waals surface area (Å²) in [5, 5.41) is 19.0. The van der Waals surface area contributed by atoms with Gasteiger partial charge < -0.3 is 15.4 Å². The third-order valence-corrected chi connectivity index (χ3v) is 6.62. The standard InChI is InChI=1S/C27H31F2N7O3/c1-27(2,3)21-13-22(36(35-21)16-6-4-5-15(28)11-16)33-26(38)32-19-8-7-17(12-18(19)29)39-20-9-10-30-25-24(20)31-14-23(37)34-25/h4-8,11-13,20,24-25,30-31H,9-10,14H2,1-3H3,(H,34,37)(H2,32,33,38). The minimum atomic E-state index is -0.691. The molecule has 2 fully saturated rings. The van der Waals surface area contributed by atoms with Crippen LogP contribution in [0.1, 0.15) is 32.9 Å². The van der Waals surface area contributed by atoms with Crippen LogP contribution in [0, 0.1) is 11.6 Å². The zero-order valence-electron chi connectivity index (χ0n) is 21.8. The van der Waals surface area contributed by atoms with Gasteiger partial charge in [0.05, 0.1) is 35.8 Å². The molecule has 3 aromatic rings. The average Bonchev–Trinajstić information content (AvgIpc) is 3.30. The van der Waals surface area contributed by atoms with E-state index in [4.69, 9.17) is 4.74 Å². The molecule has 2 saturated heterocycles. The summed E-state index contributed by atoms with van der Waals surface area (Å²) in [4.78, 5) is 24.5. The molecule has 10 nitrogen and oxygen atoms in total. The highest BCUT2D eigenvalue weighted by Crippen LogP contribution is 2.28. The van der Waals surface area contributed by atoms with E-state index in [1.165, 1.54) is 28.9 Å². The lowest BCUT2D eigenvalue weighted by Crippen LogP contribution is -2.71. The Morgan fingerprint density at radius 2 is 1.92 bits per heavy atom. The molecule has 5 N–H and O–H groups in total. The van der Waals surface area contributed by atoms with Crippen LogP contribution >= 0.6 is 0 Å². The molecule has 2 aromatic carbocycles. The van der Waals surface area contributed by atoms with Gasteiger partial charge >= 0.3 is 6.03 Å². The zero-order valence-corrected chi connectivity index (χ0v) is 21.8. The number of anilines is 2. The third kappa shape index (κ3) is 6.02. The number of aromatic nitrogens is 2. The smallest absolute Gasteiger partial charge is 0.324 e. The molecule has 0 spiro atoms. The van der Waals surface area contributed by atoms with E-state index >= 15 is 0 Å². The van der Waals surface area contributed by atoms with E-state index in [0.29, 0.717) is 35.9 Å². The normalized spacial score (nSPS) is 21.1. The summed E-state index contributed by atoms with van der Waals surface area (Å²) >= 11 is 0. The fourth-order valence-electron chi connectivity index (χ4n) is 4.62. The molecule has 3 unspecified atom stereocenters. The van der Waals surface area contributed by atoms with Gasteiger partial charge in [-0.05, 0) is 36.8 Å². The van der Waals surface area contributed by atoms with Crippen LogP contribution in [0.4, 0.5) is 25.1 Å². The van der Waals surface area contributed by atoms with E-state index in [1.807, 2.05) is 20.8 Å². The Bertz CT molecular complexity index is 1390. The monoisotopic (exact) mass is 539 g/mol. The van der Waals surface area contributed by atoms with Crippen LogP contribution in [0.5, 0.6) is 5.75 Å². The minimum absolute atomic E-state index is 0.0426. The highest BCUT2D eigenvalue weighted by Gasteiger charge is 2.38. The van der Waals surface area contributed by atoms with Crippen LogP contribution in [0.2, 0.25) is 0 Å². The average molecular weight is 540 g/mol. The van der Waals surface area contributed by atoms with Crippen LogP contribution in [0.25, 0.3) is 5.69 Å². The fourth-order valence-corrected chi connectivity index (χ4v) is 4.62. The highest BCUT2D eigenvalue weighted by molar-refractivity contribution is 5.99. The Morgan fingerprint density at radius 1 is 1.10 bits per heavy atom. The molecule has 0 bridgehead atoms. The molecule has 0 saturated carbocycles. The van der Waals surface area contributed by atoms with Crippen molar-refractivity contribution in [3.63, 3.8) is 0 Å². The number of rotatable bonds is 5. The van der Waals surface area contributed by atoms with Gasteiger partial charge in [0.15, 0.2) is 0 Å². The van der Waals surface area contributed by atoms with E-state index in [1.54, 1.807) is 24.3 Å². The number of benzene rings is 2. The summed E-state index contributed by atoms with van der Waals surface area (Å²) in [5.41, 5.74) is 0.738. The SMILES string of the molecule is CC(C)(C)c1cc(NC(=O)Nc2ccc(OC3CCNC4NC(=O)CNC43)cc2F)n(-c2cccc(F)c2)n1. The van der Waals surface area contributed by atoms with E-state index < -0.39 is 17.7 Å². The van der Waals surface area contributed by atoms with Crippen molar-refractivity contribution in [2.75, 3.05) is 23.7 Å². The number of halogens is 2. The van der Waals surface area contributed by atoms with Crippen LogP contribution in [-0.4, -0.2) is 53.1 Å². The molecular weight excluding hydrogens is 508 g/mol. The Balaban J connectivity index is 1.28. The first-order valence-electron chi connectivity index (χ1n) is 12.7. The van der Waals surface area contributed by atoms with Crippen LogP contribution in [-0.2, 0) is 10.2 Å². The summed E-state index contributed by atoms with van der Waals surface area (Å²) in [6.45, 7) is 6.74. The number of amides is 3. The van der Waals surface area contributed by atoms with Gasteiger partial charge in [-0.2, -0.15) is 5.10 Å². The van der Waals surface area contributed by atoms with Gasteiger partial charge in [-0.15, -0.1) is 0 Å². The molecule has 0 radical (unpaired) electrons. The van der Waals surface area contributed by atoms with E-state index in [-0.39, 0.29) is 41.9 Å². The van der Waals surface area contributed by atoms with Crippen molar-refractivity contribution in [2.24, 2.45) is 0 Å². The van der Waals surface area contributed by atoms with Crippen LogP contribution < -0.4 is 31.3 Å². The lowest BCUT2D eigenvalue weighted by Gasteiger charge is -2.42. The first kappa shape index (κ1) is 26.6.